The van der Waals surface area contributed by atoms with Crippen LogP contribution in [0.15, 0.2) is 42.5 Å². The highest BCUT2D eigenvalue weighted by molar-refractivity contribution is 5.91. The van der Waals surface area contributed by atoms with E-state index in [0.29, 0.717) is 12.5 Å². The van der Waals surface area contributed by atoms with Gasteiger partial charge in [-0.25, -0.2) is 4.79 Å². The predicted molar refractivity (Wildman–Crippen MR) is 96.9 cm³/mol. The third-order valence-electron chi connectivity index (χ3n) is 4.05. The van der Waals surface area contributed by atoms with Crippen molar-refractivity contribution in [1.82, 2.24) is 4.90 Å². The van der Waals surface area contributed by atoms with Crippen LogP contribution in [0.1, 0.15) is 42.0 Å². The fraction of sp³-hybridized carbons (Fsp3) is 0.350. The minimum atomic E-state index is -0.0817. The zero-order chi connectivity index (χ0) is 17.0. The average molecular weight is 310 g/mol. The van der Waals surface area contributed by atoms with E-state index in [9.17, 15) is 4.79 Å². The van der Waals surface area contributed by atoms with Crippen LogP contribution in [0.4, 0.5) is 10.5 Å². The number of amides is 2. The first kappa shape index (κ1) is 17.1. The van der Waals surface area contributed by atoms with Crippen molar-refractivity contribution in [3.05, 3.63) is 64.7 Å². The molecule has 3 heteroatoms. The van der Waals surface area contributed by atoms with Gasteiger partial charge < -0.3 is 10.2 Å². The largest absolute Gasteiger partial charge is 0.323 e. The zero-order valence-electron chi connectivity index (χ0n) is 14.7. The van der Waals surface area contributed by atoms with Crippen molar-refractivity contribution in [1.29, 1.82) is 0 Å². The summed E-state index contributed by atoms with van der Waals surface area (Å²) in [5, 5.41) is 3.08. The molecule has 0 aliphatic carbocycles. The summed E-state index contributed by atoms with van der Waals surface area (Å²) in [6, 6.07) is 14.3. The molecule has 122 valence electrons. The van der Waals surface area contributed by atoms with Gasteiger partial charge in [-0.05, 0) is 36.5 Å². The van der Waals surface area contributed by atoms with Gasteiger partial charge in [-0.1, -0.05) is 61.9 Å². The number of carbonyl (C=O) groups is 1. The van der Waals surface area contributed by atoms with Crippen LogP contribution in [0, 0.1) is 13.8 Å². The van der Waals surface area contributed by atoms with Gasteiger partial charge in [0.15, 0.2) is 0 Å². The van der Waals surface area contributed by atoms with E-state index in [0.717, 1.165) is 16.8 Å². The van der Waals surface area contributed by atoms with Crippen LogP contribution < -0.4 is 5.32 Å². The van der Waals surface area contributed by atoms with Crippen LogP contribution >= 0.6 is 0 Å². The quantitative estimate of drug-likeness (QED) is 0.838. The van der Waals surface area contributed by atoms with Gasteiger partial charge in [0.1, 0.15) is 0 Å². The molecule has 0 saturated carbocycles. The van der Waals surface area contributed by atoms with Crippen LogP contribution in [0.25, 0.3) is 0 Å². The van der Waals surface area contributed by atoms with Gasteiger partial charge in [-0.3, -0.25) is 0 Å². The highest BCUT2D eigenvalue weighted by atomic mass is 16.2. The third-order valence-corrected chi connectivity index (χ3v) is 4.05. The molecule has 3 nitrogen and oxygen atoms in total. The molecular weight excluding hydrogens is 284 g/mol. The standard InChI is InChI=1S/C20H26N2O/c1-14(2)18-8-6-7-16(4)19(18)21-20(23)22(5)13-17-11-9-15(3)10-12-17/h6-12,14H,13H2,1-5H3,(H,21,23). The Morgan fingerprint density at radius 2 is 1.74 bits per heavy atom. The molecule has 1 N–H and O–H groups in total. The predicted octanol–water partition coefficient (Wildman–Crippen LogP) is 5.09. The highest BCUT2D eigenvalue weighted by Crippen LogP contribution is 2.27. The van der Waals surface area contributed by atoms with Crippen LogP contribution in [0.3, 0.4) is 0 Å². The average Bonchev–Trinajstić information content (AvgIpc) is 2.51. The molecule has 0 spiro atoms. The highest BCUT2D eigenvalue weighted by Gasteiger charge is 2.14. The number of benzene rings is 2. The van der Waals surface area contributed by atoms with E-state index >= 15 is 0 Å². The van der Waals surface area contributed by atoms with Crippen molar-refractivity contribution < 1.29 is 4.79 Å². The lowest BCUT2D eigenvalue weighted by Crippen LogP contribution is -2.31. The normalized spacial score (nSPS) is 10.7. The number of hydrogen-bond acceptors (Lipinski definition) is 1. The van der Waals surface area contributed by atoms with Crippen LogP contribution in [-0.2, 0) is 6.54 Å². The maximum Gasteiger partial charge on any atom is 0.321 e. The number of nitrogens with one attached hydrogen (secondary N) is 1. The molecular formula is C20H26N2O. The zero-order valence-corrected chi connectivity index (χ0v) is 14.7. The number of para-hydroxylation sites is 1. The molecule has 0 unspecified atom stereocenters. The first-order valence-electron chi connectivity index (χ1n) is 8.05. The van der Waals surface area contributed by atoms with E-state index in [1.807, 2.05) is 26.1 Å². The van der Waals surface area contributed by atoms with Crippen molar-refractivity contribution in [2.45, 2.75) is 40.2 Å². The van der Waals surface area contributed by atoms with Gasteiger partial charge in [0.05, 0.1) is 0 Å². The summed E-state index contributed by atoms with van der Waals surface area (Å²) in [4.78, 5) is 14.2. The first-order valence-corrected chi connectivity index (χ1v) is 8.05. The molecule has 23 heavy (non-hydrogen) atoms. The fourth-order valence-corrected chi connectivity index (χ4v) is 2.58. The molecule has 2 amide bonds. The maximum atomic E-state index is 12.5. The van der Waals surface area contributed by atoms with E-state index in [4.69, 9.17) is 0 Å². The molecule has 0 radical (unpaired) electrons. The number of rotatable bonds is 4. The lowest BCUT2D eigenvalue weighted by Gasteiger charge is -2.21. The van der Waals surface area contributed by atoms with Gasteiger partial charge in [-0.15, -0.1) is 0 Å². The van der Waals surface area contributed by atoms with Crippen molar-refractivity contribution in [2.75, 3.05) is 12.4 Å². The summed E-state index contributed by atoms with van der Waals surface area (Å²) in [5.74, 6) is 0.368. The molecule has 2 rings (SSSR count). The molecule has 0 atom stereocenters. The van der Waals surface area contributed by atoms with Gasteiger partial charge in [0, 0.05) is 19.3 Å². The van der Waals surface area contributed by atoms with Crippen LogP contribution in [0.2, 0.25) is 0 Å². The van der Waals surface area contributed by atoms with Gasteiger partial charge in [-0.2, -0.15) is 0 Å². The Morgan fingerprint density at radius 1 is 1.09 bits per heavy atom. The molecule has 0 aromatic heterocycles. The Kier molecular flexibility index (Phi) is 5.43. The lowest BCUT2D eigenvalue weighted by molar-refractivity contribution is 0.220. The molecule has 0 aliphatic rings. The van der Waals surface area contributed by atoms with Crippen molar-refractivity contribution in [3.8, 4) is 0 Å². The molecule has 2 aromatic rings. The van der Waals surface area contributed by atoms with E-state index in [1.165, 1.54) is 11.1 Å². The minimum Gasteiger partial charge on any atom is -0.323 e. The van der Waals surface area contributed by atoms with Crippen molar-refractivity contribution in [3.63, 3.8) is 0 Å². The molecule has 0 fully saturated rings. The Bertz CT molecular complexity index is 675. The molecule has 0 heterocycles. The second kappa shape index (κ2) is 7.32. The Hall–Kier alpha value is -2.29. The minimum absolute atomic E-state index is 0.0817. The summed E-state index contributed by atoms with van der Waals surface area (Å²) in [5.41, 5.74) is 5.54. The monoisotopic (exact) mass is 310 g/mol. The van der Waals surface area contributed by atoms with Gasteiger partial charge in [0.25, 0.3) is 0 Å². The maximum absolute atomic E-state index is 12.5. The Morgan fingerprint density at radius 3 is 2.35 bits per heavy atom. The van der Waals surface area contributed by atoms with Crippen molar-refractivity contribution >= 4 is 11.7 Å². The number of hydrogen-bond donors (Lipinski definition) is 1. The third kappa shape index (κ3) is 4.35. The Labute approximate surface area is 139 Å². The second-order valence-electron chi connectivity index (χ2n) is 6.47. The summed E-state index contributed by atoms with van der Waals surface area (Å²) in [6.45, 7) is 8.96. The van der Waals surface area contributed by atoms with Gasteiger partial charge in [0.2, 0.25) is 0 Å². The Balaban J connectivity index is 2.11. The van der Waals surface area contributed by atoms with Crippen molar-refractivity contribution in [2.24, 2.45) is 0 Å². The SMILES string of the molecule is Cc1ccc(CN(C)C(=O)Nc2c(C)cccc2C(C)C)cc1. The van der Waals surface area contributed by atoms with E-state index in [1.54, 1.807) is 4.90 Å². The first-order chi connectivity index (χ1) is 10.9. The van der Waals surface area contributed by atoms with E-state index in [2.05, 4.69) is 56.4 Å². The smallest absolute Gasteiger partial charge is 0.321 e. The lowest BCUT2D eigenvalue weighted by atomic mass is 9.98. The number of nitrogens with zero attached hydrogens (tertiary/aromatic N) is 1. The topological polar surface area (TPSA) is 32.3 Å². The number of aryl methyl sites for hydroxylation is 2. The number of carbonyl (C=O) groups excluding carboxylic acids is 1. The summed E-state index contributed by atoms with van der Waals surface area (Å²) in [7, 11) is 1.82. The molecule has 2 aromatic carbocycles. The number of anilines is 1. The number of urea groups is 1. The fourth-order valence-electron chi connectivity index (χ4n) is 2.58. The summed E-state index contributed by atoms with van der Waals surface area (Å²) in [6.07, 6.45) is 0. The summed E-state index contributed by atoms with van der Waals surface area (Å²) >= 11 is 0. The van der Waals surface area contributed by atoms with E-state index in [-0.39, 0.29) is 6.03 Å². The molecule has 0 saturated heterocycles. The summed E-state index contributed by atoms with van der Waals surface area (Å²) < 4.78 is 0. The van der Waals surface area contributed by atoms with Crippen LogP contribution in [-0.4, -0.2) is 18.0 Å². The van der Waals surface area contributed by atoms with Crippen LogP contribution in [0.5, 0.6) is 0 Å². The second-order valence-corrected chi connectivity index (χ2v) is 6.47. The molecule has 0 aliphatic heterocycles. The van der Waals surface area contributed by atoms with E-state index < -0.39 is 0 Å². The molecule has 0 bridgehead atoms. The van der Waals surface area contributed by atoms with Gasteiger partial charge >= 0.3 is 6.03 Å².